The van der Waals surface area contributed by atoms with Crippen molar-refractivity contribution >= 4 is 27.5 Å². The van der Waals surface area contributed by atoms with Crippen LogP contribution in [0.25, 0.3) is 0 Å². The Morgan fingerprint density at radius 3 is 2.31 bits per heavy atom. The molecule has 9 nitrogen and oxygen atoms in total. The molecule has 0 saturated heterocycles. The maximum Gasteiger partial charge on any atom is 0.244 e. The predicted molar refractivity (Wildman–Crippen MR) is 136 cm³/mol. The van der Waals surface area contributed by atoms with Crippen LogP contribution in [0.4, 0.5) is 10.1 Å². The number of halogens is 1. The predicted octanol–water partition coefficient (Wildman–Crippen LogP) is 2.94. The zero-order valence-corrected chi connectivity index (χ0v) is 22.1. The molecule has 0 unspecified atom stereocenters. The average molecular weight is 524 g/mol. The normalized spacial score (nSPS) is 11.9. The van der Waals surface area contributed by atoms with E-state index >= 15 is 0 Å². The van der Waals surface area contributed by atoms with Gasteiger partial charge in [-0.05, 0) is 43.2 Å². The van der Waals surface area contributed by atoms with Crippen molar-refractivity contribution in [3.8, 4) is 11.5 Å². The standard InChI is InChI=1S/C25H34FN3O6S/c1-6-7-14-27-25(31)18(2)28(16-19-8-10-20(26)11-9-19)24(30)17-29(36(5,32)33)22-15-21(34-3)12-13-23(22)35-4/h8-13,15,18H,6-7,14,16-17H2,1-5H3,(H,27,31)/t18-/m1/s1. The number of amides is 2. The second kappa shape index (κ2) is 13.1. The average Bonchev–Trinajstić information content (AvgIpc) is 2.85. The van der Waals surface area contributed by atoms with E-state index in [-0.39, 0.29) is 23.9 Å². The number of carbonyl (C=O) groups excluding carboxylic acids is 2. The first-order chi connectivity index (χ1) is 17.0. The summed E-state index contributed by atoms with van der Waals surface area (Å²) < 4.78 is 50.4. The number of unbranched alkanes of at least 4 members (excludes halogenated alkanes) is 1. The van der Waals surface area contributed by atoms with Gasteiger partial charge in [0.1, 0.15) is 29.9 Å². The first-order valence-corrected chi connectivity index (χ1v) is 13.4. The number of ether oxygens (including phenoxy) is 2. The van der Waals surface area contributed by atoms with Crippen LogP contribution in [0.3, 0.4) is 0 Å². The summed E-state index contributed by atoms with van der Waals surface area (Å²) in [4.78, 5) is 27.7. The van der Waals surface area contributed by atoms with Crippen molar-refractivity contribution in [3.05, 3.63) is 53.8 Å². The third kappa shape index (κ3) is 7.84. The zero-order chi connectivity index (χ0) is 26.9. The minimum atomic E-state index is -3.95. The highest BCUT2D eigenvalue weighted by Gasteiger charge is 2.31. The van der Waals surface area contributed by atoms with E-state index in [2.05, 4.69) is 5.32 Å². The van der Waals surface area contributed by atoms with E-state index in [4.69, 9.17) is 9.47 Å². The highest BCUT2D eigenvalue weighted by molar-refractivity contribution is 7.92. The van der Waals surface area contributed by atoms with Crippen molar-refractivity contribution in [1.29, 1.82) is 0 Å². The number of nitrogens with one attached hydrogen (secondary N) is 1. The number of methoxy groups -OCH3 is 2. The molecule has 2 rings (SSSR count). The molecule has 0 aliphatic carbocycles. The number of nitrogens with zero attached hydrogens (tertiary/aromatic N) is 2. The number of hydrogen-bond donors (Lipinski definition) is 1. The summed E-state index contributed by atoms with van der Waals surface area (Å²) in [5.41, 5.74) is 0.706. The van der Waals surface area contributed by atoms with E-state index in [0.29, 0.717) is 17.9 Å². The van der Waals surface area contributed by atoms with Gasteiger partial charge < -0.3 is 19.7 Å². The number of anilines is 1. The smallest absolute Gasteiger partial charge is 0.244 e. The Balaban J connectivity index is 2.43. The number of sulfonamides is 1. The Kier molecular flexibility index (Phi) is 10.5. The summed E-state index contributed by atoms with van der Waals surface area (Å²) in [6.45, 7) is 3.41. The van der Waals surface area contributed by atoms with Gasteiger partial charge in [0.25, 0.3) is 0 Å². The molecule has 0 fully saturated rings. The Morgan fingerprint density at radius 2 is 1.75 bits per heavy atom. The molecular formula is C25H34FN3O6S. The number of hydrogen-bond acceptors (Lipinski definition) is 6. The quantitative estimate of drug-likeness (QED) is 0.405. The molecule has 36 heavy (non-hydrogen) atoms. The number of rotatable bonds is 13. The molecule has 2 aromatic carbocycles. The van der Waals surface area contributed by atoms with Gasteiger partial charge in [-0.3, -0.25) is 13.9 Å². The summed E-state index contributed by atoms with van der Waals surface area (Å²) in [5, 5.41) is 2.80. The Hall–Kier alpha value is -3.34. The van der Waals surface area contributed by atoms with Crippen molar-refractivity contribution in [1.82, 2.24) is 10.2 Å². The zero-order valence-electron chi connectivity index (χ0n) is 21.3. The lowest BCUT2D eigenvalue weighted by molar-refractivity contribution is -0.139. The summed E-state index contributed by atoms with van der Waals surface area (Å²) in [6.07, 6.45) is 2.64. The third-order valence-corrected chi connectivity index (χ3v) is 6.72. The van der Waals surface area contributed by atoms with Gasteiger partial charge in [-0.25, -0.2) is 12.8 Å². The Labute approximate surface area is 212 Å². The first-order valence-electron chi connectivity index (χ1n) is 11.5. The highest BCUT2D eigenvalue weighted by Crippen LogP contribution is 2.34. The van der Waals surface area contributed by atoms with Crippen LogP contribution in [-0.2, 0) is 26.2 Å². The highest BCUT2D eigenvalue weighted by atomic mass is 32.2. The van der Waals surface area contributed by atoms with E-state index in [0.717, 1.165) is 23.4 Å². The van der Waals surface area contributed by atoms with Gasteiger partial charge in [0.05, 0.1) is 26.2 Å². The van der Waals surface area contributed by atoms with E-state index in [1.807, 2.05) is 6.92 Å². The molecule has 1 atom stereocenters. The maximum absolute atomic E-state index is 13.6. The fourth-order valence-electron chi connectivity index (χ4n) is 3.49. The molecule has 0 bridgehead atoms. The fraction of sp³-hybridized carbons (Fsp3) is 0.440. The van der Waals surface area contributed by atoms with Crippen LogP contribution in [0.1, 0.15) is 32.3 Å². The Bertz CT molecular complexity index is 1140. The van der Waals surface area contributed by atoms with Gasteiger partial charge in [-0.15, -0.1) is 0 Å². The molecule has 0 spiro atoms. The number of carbonyl (C=O) groups is 2. The van der Waals surface area contributed by atoms with E-state index in [1.54, 1.807) is 13.0 Å². The first kappa shape index (κ1) is 28.9. The molecule has 0 heterocycles. The van der Waals surface area contributed by atoms with Crippen LogP contribution in [0.15, 0.2) is 42.5 Å². The molecule has 0 aliphatic heterocycles. The van der Waals surface area contributed by atoms with Crippen molar-refractivity contribution in [2.45, 2.75) is 39.3 Å². The topological polar surface area (TPSA) is 105 Å². The molecule has 2 amide bonds. The lowest BCUT2D eigenvalue weighted by Gasteiger charge is -2.32. The molecule has 0 aliphatic rings. The largest absolute Gasteiger partial charge is 0.497 e. The molecular weight excluding hydrogens is 489 g/mol. The van der Waals surface area contributed by atoms with Gasteiger partial charge in [0, 0.05) is 19.2 Å². The van der Waals surface area contributed by atoms with E-state index < -0.39 is 34.3 Å². The van der Waals surface area contributed by atoms with Crippen molar-refractivity contribution in [2.24, 2.45) is 0 Å². The van der Waals surface area contributed by atoms with Crippen molar-refractivity contribution in [3.63, 3.8) is 0 Å². The minimum Gasteiger partial charge on any atom is -0.497 e. The van der Waals surface area contributed by atoms with Crippen LogP contribution in [0.5, 0.6) is 11.5 Å². The SMILES string of the molecule is CCCCNC(=O)[C@@H](C)N(Cc1ccc(F)cc1)C(=O)CN(c1cc(OC)ccc1OC)S(C)(=O)=O. The Morgan fingerprint density at radius 1 is 1.08 bits per heavy atom. The third-order valence-electron chi connectivity index (χ3n) is 5.60. The van der Waals surface area contributed by atoms with Crippen LogP contribution in [0.2, 0.25) is 0 Å². The van der Waals surface area contributed by atoms with Crippen molar-refractivity contribution < 1.29 is 31.9 Å². The van der Waals surface area contributed by atoms with Gasteiger partial charge in [0.2, 0.25) is 21.8 Å². The molecule has 0 aromatic heterocycles. The summed E-state index contributed by atoms with van der Waals surface area (Å²) in [6, 6.07) is 9.23. The second-order valence-electron chi connectivity index (χ2n) is 8.28. The second-order valence-corrected chi connectivity index (χ2v) is 10.2. The van der Waals surface area contributed by atoms with Crippen LogP contribution in [-0.4, -0.2) is 64.7 Å². The minimum absolute atomic E-state index is 0.0195. The van der Waals surface area contributed by atoms with Crippen LogP contribution in [0, 0.1) is 5.82 Å². The molecule has 1 N–H and O–H groups in total. The fourth-order valence-corrected chi connectivity index (χ4v) is 4.34. The molecule has 11 heteroatoms. The summed E-state index contributed by atoms with van der Waals surface area (Å²) in [7, 11) is -1.12. The van der Waals surface area contributed by atoms with Gasteiger partial charge >= 0.3 is 0 Å². The van der Waals surface area contributed by atoms with E-state index in [1.165, 1.54) is 55.5 Å². The van der Waals surface area contributed by atoms with Gasteiger partial charge in [-0.1, -0.05) is 25.5 Å². The van der Waals surface area contributed by atoms with Crippen molar-refractivity contribution in [2.75, 3.05) is 37.9 Å². The van der Waals surface area contributed by atoms with Gasteiger partial charge in [-0.2, -0.15) is 0 Å². The van der Waals surface area contributed by atoms with Crippen LogP contribution < -0.4 is 19.1 Å². The van der Waals surface area contributed by atoms with Crippen LogP contribution >= 0.6 is 0 Å². The lowest BCUT2D eigenvalue weighted by atomic mass is 10.1. The molecule has 0 saturated carbocycles. The number of benzene rings is 2. The molecule has 2 aromatic rings. The maximum atomic E-state index is 13.6. The monoisotopic (exact) mass is 523 g/mol. The summed E-state index contributed by atoms with van der Waals surface area (Å²) in [5.74, 6) is -0.824. The van der Waals surface area contributed by atoms with Gasteiger partial charge in [0.15, 0.2) is 0 Å². The van der Waals surface area contributed by atoms with E-state index in [9.17, 15) is 22.4 Å². The molecule has 198 valence electrons. The molecule has 0 radical (unpaired) electrons. The lowest BCUT2D eigenvalue weighted by Crippen LogP contribution is -2.51. The summed E-state index contributed by atoms with van der Waals surface area (Å²) >= 11 is 0.